The van der Waals surface area contributed by atoms with Crippen molar-refractivity contribution in [2.75, 3.05) is 13.2 Å². The lowest BCUT2D eigenvalue weighted by Gasteiger charge is -2.32. The van der Waals surface area contributed by atoms with Gasteiger partial charge in [0.2, 0.25) is 5.91 Å². The van der Waals surface area contributed by atoms with Crippen LogP contribution in [0, 0.1) is 11.3 Å². The molecule has 3 atom stereocenters. The molecule has 2 aromatic rings. The molecular formula is C28H32N2O5. The van der Waals surface area contributed by atoms with Crippen molar-refractivity contribution in [2.24, 2.45) is 11.3 Å². The second-order valence-electron chi connectivity index (χ2n) is 10.6. The highest BCUT2D eigenvalue weighted by atomic mass is 16.5. The second-order valence-corrected chi connectivity index (χ2v) is 10.6. The maximum Gasteiger partial charge on any atom is 0.407 e. The molecule has 1 aliphatic heterocycles. The quantitative estimate of drug-likeness (QED) is 0.667. The summed E-state index contributed by atoms with van der Waals surface area (Å²) in [7, 11) is 0. The van der Waals surface area contributed by atoms with Gasteiger partial charge in [-0.15, -0.1) is 0 Å². The van der Waals surface area contributed by atoms with E-state index in [1.54, 1.807) is 0 Å². The Labute approximate surface area is 205 Å². The summed E-state index contributed by atoms with van der Waals surface area (Å²) in [6.07, 6.45) is 2.23. The Morgan fingerprint density at radius 2 is 1.66 bits per heavy atom. The molecule has 0 bridgehead atoms. The van der Waals surface area contributed by atoms with E-state index in [9.17, 15) is 19.5 Å². The number of hydrogen-bond acceptors (Lipinski definition) is 4. The number of benzene rings is 2. The van der Waals surface area contributed by atoms with E-state index < -0.39 is 29.4 Å². The Morgan fingerprint density at radius 3 is 2.29 bits per heavy atom. The molecule has 35 heavy (non-hydrogen) atoms. The van der Waals surface area contributed by atoms with Gasteiger partial charge in [-0.05, 0) is 46.9 Å². The number of ether oxygens (including phenoxy) is 1. The number of alkyl carbamates (subject to hydrolysis) is 1. The van der Waals surface area contributed by atoms with Gasteiger partial charge in [0.25, 0.3) is 0 Å². The summed E-state index contributed by atoms with van der Waals surface area (Å²) < 4.78 is 5.68. The molecule has 3 aliphatic rings. The lowest BCUT2D eigenvalue weighted by molar-refractivity contribution is -0.153. The van der Waals surface area contributed by atoms with Crippen molar-refractivity contribution < 1.29 is 24.2 Å². The average molecular weight is 477 g/mol. The fourth-order valence-corrected chi connectivity index (χ4v) is 6.23. The number of amides is 2. The minimum absolute atomic E-state index is 0.0303. The van der Waals surface area contributed by atoms with E-state index in [1.165, 1.54) is 16.0 Å². The number of nitrogens with zero attached hydrogens (tertiary/aromatic N) is 1. The number of carboxylic acids is 1. The summed E-state index contributed by atoms with van der Waals surface area (Å²) >= 11 is 0. The number of hydrogen-bond donors (Lipinski definition) is 2. The molecule has 2 amide bonds. The van der Waals surface area contributed by atoms with E-state index >= 15 is 0 Å². The van der Waals surface area contributed by atoms with Gasteiger partial charge in [0.05, 0.1) is 5.92 Å². The minimum Gasteiger partial charge on any atom is -0.480 e. The van der Waals surface area contributed by atoms with Gasteiger partial charge in [-0.3, -0.25) is 4.79 Å². The molecule has 1 saturated heterocycles. The predicted molar refractivity (Wildman–Crippen MR) is 131 cm³/mol. The van der Waals surface area contributed by atoms with Crippen molar-refractivity contribution in [1.29, 1.82) is 0 Å². The van der Waals surface area contributed by atoms with Crippen LogP contribution in [0.15, 0.2) is 48.5 Å². The third-order valence-corrected chi connectivity index (χ3v) is 8.05. The Balaban J connectivity index is 1.24. The van der Waals surface area contributed by atoms with Gasteiger partial charge in [-0.25, -0.2) is 9.59 Å². The number of rotatable bonds is 5. The first-order valence-corrected chi connectivity index (χ1v) is 12.4. The molecule has 0 aromatic heterocycles. The monoisotopic (exact) mass is 476 g/mol. The van der Waals surface area contributed by atoms with E-state index in [1.807, 2.05) is 38.1 Å². The summed E-state index contributed by atoms with van der Waals surface area (Å²) in [4.78, 5) is 39.6. The standard InChI is InChI=1S/C28H32N2O5/c1-28(2)14-15-30(24(28)26(32)33)25(31)21-12-7-13-23(21)29-27(34)35-16-22-19-10-5-3-8-17(19)18-9-4-6-11-20(18)22/h3-6,8-11,21-24H,7,12-16H2,1-2H3,(H,29,34)(H,32,33)/t21-,23+,24?/m0/s1. The van der Waals surface area contributed by atoms with Gasteiger partial charge in [-0.1, -0.05) is 68.8 Å². The van der Waals surface area contributed by atoms with Gasteiger partial charge in [-0.2, -0.15) is 0 Å². The molecule has 2 aliphatic carbocycles. The first-order valence-electron chi connectivity index (χ1n) is 12.4. The molecule has 184 valence electrons. The van der Waals surface area contributed by atoms with Crippen LogP contribution in [0.25, 0.3) is 11.1 Å². The van der Waals surface area contributed by atoms with E-state index in [-0.39, 0.29) is 24.5 Å². The fraction of sp³-hybridized carbons (Fsp3) is 0.464. The summed E-state index contributed by atoms with van der Waals surface area (Å²) in [5.74, 6) is -1.60. The number of aliphatic carboxylic acids is 1. The van der Waals surface area contributed by atoms with E-state index in [0.29, 0.717) is 25.8 Å². The van der Waals surface area contributed by atoms with Gasteiger partial charge < -0.3 is 20.1 Å². The van der Waals surface area contributed by atoms with Crippen LogP contribution in [0.2, 0.25) is 0 Å². The Bertz CT molecular complexity index is 1110. The van der Waals surface area contributed by atoms with Gasteiger partial charge in [0.15, 0.2) is 0 Å². The third-order valence-electron chi connectivity index (χ3n) is 8.05. The maximum atomic E-state index is 13.4. The zero-order chi connectivity index (χ0) is 24.7. The average Bonchev–Trinajstić information content (AvgIpc) is 3.51. The summed E-state index contributed by atoms with van der Waals surface area (Å²) in [6.45, 7) is 4.42. The van der Waals surface area contributed by atoms with Crippen LogP contribution in [-0.2, 0) is 14.3 Å². The zero-order valence-corrected chi connectivity index (χ0v) is 20.2. The van der Waals surface area contributed by atoms with Crippen molar-refractivity contribution in [3.63, 3.8) is 0 Å². The Hall–Kier alpha value is -3.35. The van der Waals surface area contributed by atoms with Crippen LogP contribution in [0.3, 0.4) is 0 Å². The van der Waals surface area contributed by atoms with Crippen molar-refractivity contribution in [3.05, 3.63) is 59.7 Å². The molecule has 0 radical (unpaired) electrons. The van der Waals surface area contributed by atoms with Crippen molar-refractivity contribution in [2.45, 2.75) is 57.5 Å². The molecule has 2 N–H and O–H groups in total. The summed E-state index contributed by atoms with van der Waals surface area (Å²) in [5, 5.41) is 12.7. The third kappa shape index (κ3) is 4.17. The molecule has 2 fully saturated rings. The van der Waals surface area contributed by atoms with Crippen LogP contribution >= 0.6 is 0 Å². The SMILES string of the molecule is CC1(C)CCN(C(=O)[C@H]2CCC[C@H]2NC(=O)OCC2c3ccccc3-c3ccccc32)C1C(=O)O. The number of carboxylic acid groups (broad SMARTS) is 1. The lowest BCUT2D eigenvalue weighted by atomic mass is 9.84. The number of carbonyl (C=O) groups excluding carboxylic acids is 2. The number of nitrogens with one attached hydrogen (secondary N) is 1. The van der Waals surface area contributed by atoms with E-state index in [0.717, 1.165) is 17.5 Å². The molecule has 0 spiro atoms. The summed E-state index contributed by atoms with van der Waals surface area (Å²) in [5.41, 5.74) is 4.15. The largest absolute Gasteiger partial charge is 0.480 e. The van der Waals surface area contributed by atoms with Gasteiger partial charge in [0.1, 0.15) is 12.6 Å². The molecule has 7 heteroatoms. The van der Waals surface area contributed by atoms with Crippen LogP contribution in [-0.4, -0.2) is 53.2 Å². The van der Waals surface area contributed by atoms with Crippen LogP contribution < -0.4 is 5.32 Å². The normalized spacial score (nSPS) is 24.6. The number of carbonyl (C=O) groups is 3. The van der Waals surface area contributed by atoms with Gasteiger partial charge >= 0.3 is 12.1 Å². The van der Waals surface area contributed by atoms with E-state index in [4.69, 9.17) is 4.74 Å². The zero-order valence-electron chi connectivity index (χ0n) is 20.2. The topological polar surface area (TPSA) is 95.9 Å². The highest BCUT2D eigenvalue weighted by molar-refractivity contribution is 5.87. The Kier molecular flexibility index (Phi) is 6.03. The van der Waals surface area contributed by atoms with Crippen molar-refractivity contribution in [1.82, 2.24) is 10.2 Å². The van der Waals surface area contributed by atoms with Crippen LogP contribution in [0.5, 0.6) is 0 Å². The maximum absolute atomic E-state index is 13.4. The van der Waals surface area contributed by atoms with Gasteiger partial charge in [0, 0.05) is 18.5 Å². The smallest absolute Gasteiger partial charge is 0.407 e. The molecule has 5 rings (SSSR count). The number of fused-ring (bicyclic) bond motifs is 3. The highest BCUT2D eigenvalue weighted by Gasteiger charge is 2.50. The molecule has 1 unspecified atom stereocenters. The van der Waals surface area contributed by atoms with Crippen molar-refractivity contribution >= 4 is 18.0 Å². The molecular weight excluding hydrogens is 444 g/mol. The first kappa shape index (κ1) is 23.4. The molecule has 1 heterocycles. The van der Waals surface area contributed by atoms with Crippen LogP contribution in [0.1, 0.15) is 56.6 Å². The Morgan fingerprint density at radius 1 is 1.03 bits per heavy atom. The highest BCUT2D eigenvalue weighted by Crippen LogP contribution is 2.44. The van der Waals surface area contributed by atoms with Crippen LogP contribution in [0.4, 0.5) is 4.79 Å². The first-order chi connectivity index (χ1) is 16.8. The van der Waals surface area contributed by atoms with E-state index in [2.05, 4.69) is 29.6 Å². The van der Waals surface area contributed by atoms with Crippen molar-refractivity contribution in [3.8, 4) is 11.1 Å². The second kappa shape index (κ2) is 9.02. The lowest BCUT2D eigenvalue weighted by Crippen LogP contribution is -2.51. The molecule has 1 saturated carbocycles. The summed E-state index contributed by atoms with van der Waals surface area (Å²) in [6, 6.07) is 15.2. The molecule has 2 aromatic carbocycles. The molecule has 7 nitrogen and oxygen atoms in total. The minimum atomic E-state index is -0.972. The fourth-order valence-electron chi connectivity index (χ4n) is 6.23. The number of likely N-dealkylation sites (tertiary alicyclic amines) is 1. The predicted octanol–water partition coefficient (Wildman–Crippen LogP) is 4.41.